The molecule has 21 heavy (non-hydrogen) atoms. The van der Waals surface area contributed by atoms with Crippen molar-refractivity contribution in [3.8, 4) is 0 Å². The highest BCUT2D eigenvalue weighted by Crippen LogP contribution is 2.40. The van der Waals surface area contributed by atoms with Gasteiger partial charge in [0.15, 0.2) is 5.96 Å². The molecule has 1 fully saturated rings. The van der Waals surface area contributed by atoms with Crippen LogP contribution in [0.5, 0.6) is 0 Å². The average Bonchev–Trinajstić information content (AvgIpc) is 2.98. The van der Waals surface area contributed by atoms with Crippen molar-refractivity contribution in [1.29, 1.82) is 0 Å². The number of guanidine groups is 1. The van der Waals surface area contributed by atoms with Crippen LogP contribution in [0.2, 0.25) is 0 Å². The van der Waals surface area contributed by atoms with E-state index in [2.05, 4.69) is 52.5 Å². The zero-order chi connectivity index (χ0) is 14.3. The largest absolute Gasteiger partial charge is 0.356 e. The summed E-state index contributed by atoms with van der Waals surface area (Å²) in [6, 6.07) is 10.9. The van der Waals surface area contributed by atoms with Crippen molar-refractivity contribution in [2.45, 2.75) is 31.1 Å². The molecule has 116 valence electrons. The van der Waals surface area contributed by atoms with Crippen LogP contribution in [0.4, 0.5) is 0 Å². The molecule has 0 heterocycles. The van der Waals surface area contributed by atoms with Gasteiger partial charge in [-0.1, -0.05) is 49.2 Å². The van der Waals surface area contributed by atoms with Crippen LogP contribution < -0.4 is 10.6 Å². The molecule has 1 aliphatic carbocycles. The normalized spacial score (nSPS) is 16.9. The summed E-state index contributed by atoms with van der Waals surface area (Å²) in [6.07, 6.45) is 6.98. The van der Waals surface area contributed by atoms with Gasteiger partial charge in [0.25, 0.3) is 0 Å². The standard InChI is InChI=1S/C17H25N3.HI/c1-3-13-19-16(18-2)20-14-17(11-7-8-12-17)15-9-5-4-6-10-15;/h3-6,9-10H,1,7-8,11-14H2,2H3,(H2,18,19,20);1H. The second-order valence-electron chi connectivity index (χ2n) is 5.45. The van der Waals surface area contributed by atoms with Crippen molar-refractivity contribution < 1.29 is 0 Å². The second-order valence-corrected chi connectivity index (χ2v) is 5.45. The van der Waals surface area contributed by atoms with Gasteiger partial charge in [-0.15, -0.1) is 30.6 Å². The van der Waals surface area contributed by atoms with Crippen LogP contribution in [0, 0.1) is 0 Å². The summed E-state index contributed by atoms with van der Waals surface area (Å²) in [5, 5.41) is 6.71. The first-order chi connectivity index (χ1) is 9.80. The van der Waals surface area contributed by atoms with E-state index < -0.39 is 0 Å². The van der Waals surface area contributed by atoms with E-state index in [4.69, 9.17) is 0 Å². The molecule has 2 rings (SSSR count). The number of halogens is 1. The summed E-state index contributed by atoms with van der Waals surface area (Å²) >= 11 is 0. The molecule has 0 aliphatic heterocycles. The van der Waals surface area contributed by atoms with E-state index in [1.165, 1.54) is 31.2 Å². The molecule has 0 aromatic heterocycles. The number of nitrogens with one attached hydrogen (secondary N) is 2. The van der Waals surface area contributed by atoms with Crippen LogP contribution in [-0.4, -0.2) is 26.1 Å². The molecule has 0 radical (unpaired) electrons. The Balaban J connectivity index is 0.00000220. The minimum atomic E-state index is 0. The lowest BCUT2D eigenvalue weighted by atomic mass is 9.79. The first kappa shape index (κ1) is 18.0. The maximum atomic E-state index is 4.26. The van der Waals surface area contributed by atoms with Crippen molar-refractivity contribution in [2.24, 2.45) is 4.99 Å². The molecule has 1 aromatic rings. The third kappa shape index (κ3) is 4.73. The van der Waals surface area contributed by atoms with Gasteiger partial charge in [0, 0.05) is 25.6 Å². The highest BCUT2D eigenvalue weighted by atomic mass is 127. The topological polar surface area (TPSA) is 36.4 Å². The minimum Gasteiger partial charge on any atom is -0.356 e. The number of benzene rings is 1. The van der Waals surface area contributed by atoms with Gasteiger partial charge in [-0.25, -0.2) is 0 Å². The highest BCUT2D eigenvalue weighted by molar-refractivity contribution is 14.0. The molecule has 0 bridgehead atoms. The lowest BCUT2D eigenvalue weighted by Gasteiger charge is -2.30. The number of hydrogen-bond acceptors (Lipinski definition) is 1. The number of aliphatic imine (C=N–C) groups is 1. The van der Waals surface area contributed by atoms with E-state index >= 15 is 0 Å². The highest BCUT2D eigenvalue weighted by Gasteiger charge is 2.35. The molecule has 0 unspecified atom stereocenters. The van der Waals surface area contributed by atoms with E-state index in [1.54, 1.807) is 0 Å². The summed E-state index contributed by atoms with van der Waals surface area (Å²) in [6.45, 7) is 5.39. The predicted octanol–water partition coefficient (Wildman–Crippen LogP) is 3.47. The summed E-state index contributed by atoms with van der Waals surface area (Å²) in [4.78, 5) is 4.26. The zero-order valence-electron chi connectivity index (χ0n) is 12.8. The minimum absolute atomic E-state index is 0. The van der Waals surface area contributed by atoms with Crippen molar-refractivity contribution >= 4 is 29.9 Å². The molecule has 1 aromatic carbocycles. The zero-order valence-corrected chi connectivity index (χ0v) is 15.1. The smallest absolute Gasteiger partial charge is 0.191 e. The first-order valence-electron chi connectivity index (χ1n) is 7.42. The molecular formula is C17H26IN3. The lowest BCUT2D eigenvalue weighted by molar-refractivity contribution is 0.432. The fraction of sp³-hybridized carbons (Fsp3) is 0.471. The fourth-order valence-corrected chi connectivity index (χ4v) is 3.05. The van der Waals surface area contributed by atoms with Crippen LogP contribution in [0.1, 0.15) is 31.2 Å². The Morgan fingerprint density at radius 3 is 2.48 bits per heavy atom. The number of nitrogens with zero attached hydrogens (tertiary/aromatic N) is 1. The Hall–Kier alpha value is -1.04. The predicted molar refractivity (Wildman–Crippen MR) is 102 cm³/mol. The van der Waals surface area contributed by atoms with Crippen molar-refractivity contribution in [3.05, 3.63) is 48.6 Å². The van der Waals surface area contributed by atoms with Crippen LogP contribution in [0.15, 0.2) is 48.0 Å². The van der Waals surface area contributed by atoms with Gasteiger partial charge in [-0.05, 0) is 18.4 Å². The van der Waals surface area contributed by atoms with Crippen LogP contribution in [0.3, 0.4) is 0 Å². The van der Waals surface area contributed by atoms with Gasteiger partial charge in [-0.2, -0.15) is 0 Å². The maximum Gasteiger partial charge on any atom is 0.191 e. The van der Waals surface area contributed by atoms with Gasteiger partial charge in [0.1, 0.15) is 0 Å². The molecule has 1 saturated carbocycles. The molecule has 0 atom stereocenters. The van der Waals surface area contributed by atoms with E-state index in [0.29, 0.717) is 0 Å². The maximum absolute atomic E-state index is 4.26. The third-order valence-electron chi connectivity index (χ3n) is 4.18. The summed E-state index contributed by atoms with van der Waals surface area (Å²) in [5.74, 6) is 0.854. The van der Waals surface area contributed by atoms with Gasteiger partial charge in [0.05, 0.1) is 0 Å². The number of hydrogen-bond donors (Lipinski definition) is 2. The van der Waals surface area contributed by atoms with Crippen LogP contribution in [-0.2, 0) is 5.41 Å². The Morgan fingerprint density at radius 1 is 1.24 bits per heavy atom. The summed E-state index contributed by atoms with van der Waals surface area (Å²) in [7, 11) is 1.81. The van der Waals surface area contributed by atoms with Crippen molar-refractivity contribution in [3.63, 3.8) is 0 Å². The first-order valence-corrected chi connectivity index (χ1v) is 7.42. The molecule has 0 amide bonds. The monoisotopic (exact) mass is 399 g/mol. The van der Waals surface area contributed by atoms with Crippen LogP contribution >= 0.6 is 24.0 Å². The average molecular weight is 399 g/mol. The molecule has 4 heteroatoms. The quantitative estimate of drug-likeness (QED) is 0.344. The van der Waals surface area contributed by atoms with Gasteiger partial charge in [0.2, 0.25) is 0 Å². The Morgan fingerprint density at radius 2 is 1.90 bits per heavy atom. The fourth-order valence-electron chi connectivity index (χ4n) is 3.05. The number of rotatable bonds is 5. The SMILES string of the molecule is C=CCNC(=NC)NCC1(c2ccccc2)CCCC1.I. The Kier molecular flexibility index (Phi) is 7.78. The third-order valence-corrected chi connectivity index (χ3v) is 4.18. The van der Waals surface area contributed by atoms with Crippen molar-refractivity contribution in [2.75, 3.05) is 20.1 Å². The van der Waals surface area contributed by atoms with Gasteiger partial charge >= 0.3 is 0 Å². The molecule has 3 nitrogen and oxygen atoms in total. The summed E-state index contributed by atoms with van der Waals surface area (Å²) < 4.78 is 0. The molecule has 0 saturated heterocycles. The van der Waals surface area contributed by atoms with Gasteiger partial charge < -0.3 is 10.6 Å². The Labute approximate surface area is 145 Å². The Bertz CT molecular complexity index is 450. The molecule has 0 spiro atoms. The van der Waals surface area contributed by atoms with E-state index in [-0.39, 0.29) is 29.4 Å². The molecular weight excluding hydrogens is 373 g/mol. The summed E-state index contributed by atoms with van der Waals surface area (Å²) in [5.41, 5.74) is 1.71. The van der Waals surface area contributed by atoms with Crippen LogP contribution in [0.25, 0.3) is 0 Å². The molecule has 2 N–H and O–H groups in total. The van der Waals surface area contributed by atoms with E-state index in [0.717, 1.165) is 19.0 Å². The van der Waals surface area contributed by atoms with E-state index in [1.807, 2.05) is 13.1 Å². The lowest BCUT2D eigenvalue weighted by Crippen LogP contribution is -2.44. The van der Waals surface area contributed by atoms with Gasteiger partial charge in [-0.3, -0.25) is 4.99 Å². The molecule has 1 aliphatic rings. The van der Waals surface area contributed by atoms with Crippen molar-refractivity contribution in [1.82, 2.24) is 10.6 Å². The second kappa shape index (κ2) is 9.07. The van der Waals surface area contributed by atoms with E-state index in [9.17, 15) is 0 Å².